The van der Waals surface area contributed by atoms with Crippen LogP contribution in [0.25, 0.3) is 0 Å². The normalized spacial score (nSPS) is 10.2. The van der Waals surface area contributed by atoms with Crippen LogP contribution in [-0.4, -0.2) is 97.7 Å². The average molecular weight is 627 g/mol. The van der Waals surface area contributed by atoms with Crippen LogP contribution in [0.5, 0.6) is 0 Å². The fourth-order valence-corrected chi connectivity index (χ4v) is 19.1. The summed E-state index contributed by atoms with van der Waals surface area (Å²) in [5.74, 6) is 4.69. The van der Waals surface area contributed by atoms with Gasteiger partial charge in [-0.25, -0.2) is 0 Å². The van der Waals surface area contributed by atoms with Crippen LogP contribution in [0.15, 0.2) is 0 Å². The molecule has 0 aliphatic heterocycles. The predicted octanol–water partition coefficient (Wildman–Crippen LogP) is 5.67. The van der Waals surface area contributed by atoms with E-state index in [9.17, 15) is 0 Å². The Kier molecular flexibility index (Phi) is 42.4. The van der Waals surface area contributed by atoms with Crippen LogP contribution in [-0.2, 0) is 40.8 Å². The van der Waals surface area contributed by atoms with Crippen LogP contribution in [0, 0.1) is 0 Å². The molecule has 0 N–H and O–H groups in total. The Morgan fingerprint density at radius 3 is 0.391 bits per heavy atom. The summed E-state index contributed by atoms with van der Waals surface area (Å²) in [7, 11) is 0.667. The van der Waals surface area contributed by atoms with Gasteiger partial charge < -0.3 is 0 Å². The molecule has 0 aliphatic carbocycles. The molecule has 8 heteroatoms. The molecule has 0 saturated heterocycles. The second kappa shape index (κ2) is 25.9. The first-order valence-corrected chi connectivity index (χ1v) is 24.4. The third-order valence-corrected chi connectivity index (χ3v) is 19.1. The standard InChI is InChI=1S/3C5H14P2.2Pd/c3*1-6(2)5-7(3)4;;/h3*5H2,1-4H3;;/p+6. The Labute approximate surface area is 184 Å². The first kappa shape index (κ1) is 37.6. The third kappa shape index (κ3) is 58.5. The quantitative estimate of drug-likeness (QED) is 0.263. The zero-order valence-corrected chi connectivity index (χ0v) is 26.9. The van der Waals surface area contributed by atoms with Crippen molar-refractivity contribution < 1.29 is 40.8 Å². The van der Waals surface area contributed by atoms with Crippen molar-refractivity contribution in [2.45, 2.75) is 0 Å². The smallest absolute Gasteiger partial charge is 0 e. The number of hydrogen-bond donors (Lipinski definition) is 0. The van der Waals surface area contributed by atoms with Gasteiger partial charge in [-0.1, -0.05) is 0 Å². The molecular weight excluding hydrogens is 579 g/mol. The SMILES string of the molecule is C[PH+](C)C[PH+](C)C.C[PH+](C)C[PH+](C)C.C[PH+](C)C[PH+](C)C.[Pd].[Pd]. The zero-order valence-electron chi connectivity index (χ0n) is 17.8. The van der Waals surface area contributed by atoms with Gasteiger partial charge in [-0.2, -0.15) is 0 Å². The monoisotopic (exact) mass is 626 g/mol. The number of rotatable bonds is 6. The topological polar surface area (TPSA) is 0 Å². The summed E-state index contributed by atoms with van der Waals surface area (Å²) in [6.07, 6.45) is 0. The van der Waals surface area contributed by atoms with E-state index in [1.807, 2.05) is 0 Å². The van der Waals surface area contributed by atoms with Gasteiger partial charge in [-0.05, 0) is 0 Å². The van der Waals surface area contributed by atoms with Gasteiger partial charge in [-0.15, -0.1) is 0 Å². The van der Waals surface area contributed by atoms with Crippen LogP contribution < -0.4 is 0 Å². The van der Waals surface area contributed by atoms with Crippen LogP contribution in [0.2, 0.25) is 0 Å². The fraction of sp³-hybridized carbons (Fsp3) is 1.00. The van der Waals surface area contributed by atoms with Crippen molar-refractivity contribution >= 4 is 47.5 Å². The predicted molar refractivity (Wildman–Crippen MR) is 136 cm³/mol. The third-order valence-electron chi connectivity index (χ3n) is 2.12. The second-order valence-electron chi connectivity index (χ2n) is 7.77. The maximum absolute atomic E-state index is 2.39. The largest absolute Gasteiger partial charge is 0.154 e. The molecule has 0 aliphatic rings. The Morgan fingerprint density at radius 1 is 0.304 bits per heavy atom. The van der Waals surface area contributed by atoms with E-state index in [1.54, 1.807) is 17.7 Å². The average Bonchev–Trinajstić information content (AvgIpc) is 2.10. The molecule has 0 nitrogen and oxygen atoms in total. The first-order chi connectivity index (χ1) is 9.38. The van der Waals surface area contributed by atoms with Gasteiger partial charge in [-0.3, -0.25) is 0 Å². The molecule has 0 fully saturated rings. The van der Waals surface area contributed by atoms with Crippen molar-refractivity contribution in [3.8, 4) is 0 Å². The summed E-state index contributed by atoms with van der Waals surface area (Å²) in [5.41, 5.74) is 0. The van der Waals surface area contributed by atoms with Crippen molar-refractivity contribution in [1.29, 1.82) is 0 Å². The van der Waals surface area contributed by atoms with E-state index in [-0.39, 0.29) is 88.4 Å². The van der Waals surface area contributed by atoms with Gasteiger partial charge in [0.1, 0.15) is 0 Å². The minimum atomic E-state index is 0. The van der Waals surface area contributed by atoms with Gasteiger partial charge >= 0.3 is 0 Å². The fourth-order valence-electron chi connectivity index (χ4n) is 2.12. The summed E-state index contributed by atoms with van der Waals surface area (Å²) in [5, 5.41) is 0. The molecule has 0 saturated carbocycles. The van der Waals surface area contributed by atoms with Crippen LogP contribution >= 0.6 is 47.5 Å². The van der Waals surface area contributed by atoms with E-state index in [0.717, 1.165) is 0 Å². The summed E-state index contributed by atoms with van der Waals surface area (Å²) < 4.78 is 0. The van der Waals surface area contributed by atoms with E-state index in [2.05, 4.69) is 80.0 Å². The van der Waals surface area contributed by atoms with Crippen molar-refractivity contribution in [1.82, 2.24) is 0 Å². The van der Waals surface area contributed by atoms with Crippen LogP contribution in [0.4, 0.5) is 0 Å². The Morgan fingerprint density at radius 2 is 0.391 bits per heavy atom. The van der Waals surface area contributed by atoms with Gasteiger partial charge in [0, 0.05) is 168 Å². The van der Waals surface area contributed by atoms with E-state index in [0.29, 0.717) is 0 Å². The van der Waals surface area contributed by atoms with Gasteiger partial charge in [0.2, 0.25) is 0 Å². The summed E-state index contributed by atoms with van der Waals surface area (Å²) >= 11 is 0. The molecule has 0 unspecified atom stereocenters. The first-order valence-electron chi connectivity index (χ1n) is 8.12. The zero-order chi connectivity index (χ0) is 17.6. The molecule has 0 aromatic rings. The van der Waals surface area contributed by atoms with Crippen LogP contribution in [0.1, 0.15) is 0 Å². The molecular formula is C15H48P6Pd2+6. The Hall–Kier alpha value is 3.90. The molecule has 0 heterocycles. The minimum absolute atomic E-state index is 0. The van der Waals surface area contributed by atoms with Crippen LogP contribution in [0.3, 0.4) is 0 Å². The number of hydrogen-bond acceptors (Lipinski definition) is 0. The van der Waals surface area contributed by atoms with E-state index >= 15 is 0 Å². The molecule has 0 aromatic carbocycles. The maximum atomic E-state index is 2.39. The molecule has 0 bridgehead atoms. The van der Waals surface area contributed by atoms with E-state index in [1.165, 1.54) is 0 Å². The van der Waals surface area contributed by atoms with E-state index in [4.69, 9.17) is 0 Å². The Bertz CT molecular complexity index is 149. The molecule has 0 spiro atoms. The van der Waals surface area contributed by atoms with Crippen molar-refractivity contribution in [2.75, 3.05) is 97.7 Å². The minimum Gasteiger partial charge on any atom is 0 e. The van der Waals surface area contributed by atoms with Crippen molar-refractivity contribution in [3.63, 3.8) is 0 Å². The van der Waals surface area contributed by atoms with Gasteiger partial charge in [0.25, 0.3) is 0 Å². The van der Waals surface area contributed by atoms with E-state index < -0.39 is 0 Å². The molecule has 23 heavy (non-hydrogen) atoms. The molecule has 0 atom stereocenters. The Balaban J connectivity index is -0.0000000675. The van der Waals surface area contributed by atoms with Crippen molar-refractivity contribution in [3.05, 3.63) is 0 Å². The molecule has 0 amide bonds. The molecule has 152 valence electrons. The second-order valence-corrected chi connectivity index (χ2v) is 26.5. The molecule has 0 aromatic heterocycles. The molecule has 0 radical (unpaired) electrons. The molecule has 0 rings (SSSR count). The van der Waals surface area contributed by atoms with Gasteiger partial charge in [0.05, 0.1) is 0 Å². The van der Waals surface area contributed by atoms with Crippen molar-refractivity contribution in [2.24, 2.45) is 0 Å². The van der Waals surface area contributed by atoms with Gasteiger partial charge in [0.15, 0.2) is 17.7 Å². The summed E-state index contributed by atoms with van der Waals surface area (Å²) in [6.45, 7) is 28.7. The summed E-state index contributed by atoms with van der Waals surface area (Å²) in [6, 6.07) is 0. The summed E-state index contributed by atoms with van der Waals surface area (Å²) in [4.78, 5) is 0. The maximum Gasteiger partial charge on any atom is 0.154 e.